The molecule has 5 heteroatoms. The summed E-state index contributed by atoms with van der Waals surface area (Å²) >= 11 is 1.75. The minimum absolute atomic E-state index is 0.0496. The molecule has 3 heterocycles. The Morgan fingerprint density at radius 1 is 1.00 bits per heavy atom. The summed E-state index contributed by atoms with van der Waals surface area (Å²) in [4.78, 5) is 13.0. The predicted octanol–water partition coefficient (Wildman–Crippen LogP) is 7.76. The molecule has 6 rings (SSSR count). The predicted molar refractivity (Wildman–Crippen MR) is 146 cm³/mol. The number of thiophene rings is 1. The molecule has 0 saturated carbocycles. The van der Waals surface area contributed by atoms with Crippen molar-refractivity contribution in [3.63, 3.8) is 0 Å². The average Bonchev–Trinajstić information content (AvgIpc) is 3.44. The van der Waals surface area contributed by atoms with Gasteiger partial charge >= 0.3 is 5.97 Å². The lowest BCUT2D eigenvalue weighted by Crippen LogP contribution is -2.51. The van der Waals surface area contributed by atoms with Crippen molar-refractivity contribution in [1.29, 1.82) is 0 Å². The topological polar surface area (TPSA) is 55.8 Å². The van der Waals surface area contributed by atoms with Crippen molar-refractivity contribution in [2.24, 2.45) is 5.92 Å². The van der Waals surface area contributed by atoms with Crippen LogP contribution in [0.2, 0.25) is 0 Å². The van der Waals surface area contributed by atoms with E-state index >= 15 is 0 Å². The molecule has 0 bridgehead atoms. The van der Waals surface area contributed by atoms with Crippen molar-refractivity contribution in [3.05, 3.63) is 113 Å². The fraction of sp³-hybridized carbons (Fsp3) is 0.281. The third-order valence-corrected chi connectivity index (χ3v) is 8.82. The van der Waals surface area contributed by atoms with Crippen molar-refractivity contribution in [2.75, 3.05) is 0 Å². The molecule has 1 N–H and O–H groups in total. The summed E-state index contributed by atoms with van der Waals surface area (Å²) in [7, 11) is 0. The zero-order valence-corrected chi connectivity index (χ0v) is 21.8. The number of carboxylic acids is 1. The van der Waals surface area contributed by atoms with Crippen LogP contribution in [0.1, 0.15) is 59.3 Å². The molecule has 0 aliphatic carbocycles. The van der Waals surface area contributed by atoms with Crippen LogP contribution < -0.4 is 4.74 Å². The third-order valence-electron chi connectivity index (χ3n) is 7.90. The second-order valence-corrected chi connectivity index (χ2v) is 11.5. The van der Waals surface area contributed by atoms with E-state index in [1.807, 2.05) is 6.07 Å². The maximum atomic E-state index is 11.7. The smallest absolute Gasteiger partial charge is 0.335 e. The van der Waals surface area contributed by atoms with E-state index in [-0.39, 0.29) is 29.6 Å². The summed E-state index contributed by atoms with van der Waals surface area (Å²) in [6, 6.07) is 28.7. The van der Waals surface area contributed by atoms with Crippen LogP contribution in [0.15, 0.2) is 90.3 Å². The lowest BCUT2D eigenvalue weighted by molar-refractivity contribution is -0.158. The third kappa shape index (κ3) is 4.58. The Bertz CT molecular complexity index is 1390. The second kappa shape index (κ2) is 9.47. The van der Waals surface area contributed by atoms with Gasteiger partial charge in [0.2, 0.25) is 0 Å². The molecule has 4 atom stereocenters. The molecule has 3 aromatic carbocycles. The number of hydrogen-bond acceptors (Lipinski definition) is 4. The zero-order chi connectivity index (χ0) is 25.6. The molecular formula is C32H30O4S. The van der Waals surface area contributed by atoms with Crippen LogP contribution in [0.5, 0.6) is 5.75 Å². The van der Waals surface area contributed by atoms with E-state index in [4.69, 9.17) is 9.47 Å². The average molecular weight is 511 g/mol. The Balaban J connectivity index is 1.39. The lowest BCUT2D eigenvalue weighted by Gasteiger charge is -2.51. The molecule has 2 aliphatic rings. The van der Waals surface area contributed by atoms with Crippen molar-refractivity contribution >= 4 is 17.3 Å². The first-order valence-electron chi connectivity index (χ1n) is 12.8. The standard InChI is InChI=1S/C32H30O4S/c1-32(2)26-19-24(21-10-12-22(13-11-21)29-9-6-16-37-29)28(17-20-7-4-3-5-8-20)35-30(26)25-18-23(31(33)34)14-15-27(25)36-32/h3-16,18,24,26,28,30H,17,19H2,1-2H3,(H,33,34)/t24-,26+,28-,30-/m1/s1. The highest BCUT2D eigenvalue weighted by Crippen LogP contribution is 2.54. The number of hydrogen-bond donors (Lipinski definition) is 1. The van der Waals surface area contributed by atoms with Gasteiger partial charge in [0.1, 0.15) is 11.4 Å². The number of carboxylic acid groups (broad SMARTS) is 1. The summed E-state index contributed by atoms with van der Waals surface area (Å²) in [5, 5.41) is 11.7. The van der Waals surface area contributed by atoms with Crippen LogP contribution in [0.3, 0.4) is 0 Å². The van der Waals surface area contributed by atoms with Crippen LogP contribution in [0.4, 0.5) is 0 Å². The first-order chi connectivity index (χ1) is 17.9. The van der Waals surface area contributed by atoms with Crippen LogP contribution in [0.25, 0.3) is 10.4 Å². The van der Waals surface area contributed by atoms with E-state index in [0.717, 1.165) is 18.4 Å². The second-order valence-electron chi connectivity index (χ2n) is 10.6. The number of carbonyl (C=O) groups is 1. The molecule has 0 amide bonds. The molecule has 2 aliphatic heterocycles. The SMILES string of the molecule is CC1(C)Oc2ccc(C(=O)O)cc2[C@H]2O[C@H](Cc3ccccc3)[C@@H](c3ccc(-c4cccs4)cc3)C[C@@H]21. The minimum Gasteiger partial charge on any atom is -0.487 e. The van der Waals surface area contributed by atoms with Crippen molar-refractivity contribution < 1.29 is 19.4 Å². The minimum atomic E-state index is -0.940. The molecule has 188 valence electrons. The molecule has 4 aromatic rings. The first kappa shape index (κ1) is 24.0. The summed E-state index contributed by atoms with van der Waals surface area (Å²) in [5.74, 6) is 0.0435. The Labute approximate surface area is 221 Å². The number of fused-ring (bicyclic) bond motifs is 3. The largest absolute Gasteiger partial charge is 0.487 e. The summed E-state index contributed by atoms with van der Waals surface area (Å²) < 4.78 is 13.4. The van der Waals surface area contributed by atoms with Gasteiger partial charge in [-0.05, 0) is 73.0 Å². The number of benzene rings is 3. The Morgan fingerprint density at radius 3 is 2.49 bits per heavy atom. The van der Waals surface area contributed by atoms with Gasteiger partial charge in [0.15, 0.2) is 0 Å². The van der Waals surface area contributed by atoms with Gasteiger partial charge in [0.25, 0.3) is 0 Å². The highest BCUT2D eigenvalue weighted by Gasteiger charge is 2.50. The van der Waals surface area contributed by atoms with Crippen molar-refractivity contribution in [2.45, 2.75) is 50.4 Å². The van der Waals surface area contributed by atoms with E-state index in [2.05, 4.69) is 79.9 Å². The lowest BCUT2D eigenvalue weighted by atomic mass is 9.69. The van der Waals surface area contributed by atoms with Gasteiger partial charge in [0.05, 0.1) is 17.8 Å². The van der Waals surface area contributed by atoms with Crippen LogP contribution in [-0.4, -0.2) is 22.8 Å². The quantitative estimate of drug-likeness (QED) is 0.298. The van der Waals surface area contributed by atoms with E-state index in [1.165, 1.54) is 21.6 Å². The maximum absolute atomic E-state index is 11.7. The van der Waals surface area contributed by atoms with E-state index in [1.54, 1.807) is 29.5 Å². The Hall–Kier alpha value is -3.41. The van der Waals surface area contributed by atoms with Gasteiger partial charge < -0.3 is 14.6 Å². The van der Waals surface area contributed by atoms with Crippen molar-refractivity contribution in [3.8, 4) is 16.2 Å². The van der Waals surface area contributed by atoms with Crippen molar-refractivity contribution in [1.82, 2.24) is 0 Å². The summed E-state index contributed by atoms with van der Waals surface area (Å²) in [5.41, 5.74) is 4.38. The van der Waals surface area contributed by atoms with Gasteiger partial charge in [-0.25, -0.2) is 4.79 Å². The monoisotopic (exact) mass is 510 g/mol. The number of rotatable bonds is 5. The van der Waals surface area contributed by atoms with Gasteiger partial charge in [-0.2, -0.15) is 0 Å². The fourth-order valence-electron chi connectivity index (χ4n) is 5.95. The molecule has 1 saturated heterocycles. The van der Waals surface area contributed by atoms with E-state index in [9.17, 15) is 9.90 Å². The molecule has 0 spiro atoms. The fourth-order valence-corrected chi connectivity index (χ4v) is 6.68. The first-order valence-corrected chi connectivity index (χ1v) is 13.7. The Kier molecular flexibility index (Phi) is 6.13. The zero-order valence-electron chi connectivity index (χ0n) is 21.0. The van der Waals surface area contributed by atoms with Gasteiger partial charge in [-0.15, -0.1) is 11.3 Å². The number of aromatic carboxylic acids is 1. The Morgan fingerprint density at radius 2 is 1.78 bits per heavy atom. The van der Waals surface area contributed by atoms with Gasteiger partial charge in [-0.1, -0.05) is 60.7 Å². The number of ether oxygens (including phenoxy) is 2. The summed E-state index contributed by atoms with van der Waals surface area (Å²) in [6.45, 7) is 4.24. The molecule has 1 fully saturated rings. The van der Waals surface area contributed by atoms with Crippen LogP contribution in [-0.2, 0) is 11.2 Å². The highest BCUT2D eigenvalue weighted by molar-refractivity contribution is 7.13. The molecule has 1 aromatic heterocycles. The maximum Gasteiger partial charge on any atom is 0.335 e. The molecule has 0 radical (unpaired) electrons. The molecular weight excluding hydrogens is 480 g/mol. The van der Waals surface area contributed by atoms with Gasteiger partial charge in [0, 0.05) is 22.3 Å². The van der Waals surface area contributed by atoms with E-state index < -0.39 is 11.6 Å². The van der Waals surface area contributed by atoms with Gasteiger partial charge in [-0.3, -0.25) is 0 Å². The summed E-state index contributed by atoms with van der Waals surface area (Å²) in [6.07, 6.45) is 1.40. The molecule has 0 unspecified atom stereocenters. The van der Waals surface area contributed by atoms with E-state index in [0.29, 0.717) is 5.75 Å². The van der Waals surface area contributed by atoms with Crippen LogP contribution in [0, 0.1) is 5.92 Å². The van der Waals surface area contributed by atoms with Crippen LogP contribution >= 0.6 is 11.3 Å². The molecule has 4 nitrogen and oxygen atoms in total. The molecule has 37 heavy (non-hydrogen) atoms. The normalized spacial score (nSPS) is 23.9. The highest BCUT2D eigenvalue weighted by atomic mass is 32.1.